The summed E-state index contributed by atoms with van der Waals surface area (Å²) < 4.78 is 16.1. The van der Waals surface area contributed by atoms with Crippen LogP contribution in [0.3, 0.4) is 0 Å². The Balaban J connectivity index is 2.36. The molecule has 0 bridgehead atoms. The molecule has 0 radical (unpaired) electrons. The lowest BCUT2D eigenvalue weighted by molar-refractivity contribution is 0.193. The molecule has 0 N–H and O–H groups in total. The van der Waals surface area contributed by atoms with Gasteiger partial charge in [0.2, 0.25) is 0 Å². The number of benzene rings is 1. The first-order valence-corrected chi connectivity index (χ1v) is 5.15. The second-order valence-corrected chi connectivity index (χ2v) is 3.64. The van der Waals surface area contributed by atoms with Crippen LogP contribution < -0.4 is 9.47 Å². The molecular formula is C12H16O3. The zero-order valence-corrected chi connectivity index (χ0v) is 9.16. The van der Waals surface area contributed by atoms with E-state index in [0.717, 1.165) is 31.1 Å². The summed E-state index contributed by atoms with van der Waals surface area (Å²) in [6.07, 6.45) is 1.06. The van der Waals surface area contributed by atoms with Crippen LogP contribution in [-0.2, 0) is 4.74 Å². The lowest BCUT2D eigenvalue weighted by Crippen LogP contribution is -2.02. The maximum absolute atomic E-state index is 5.40. The summed E-state index contributed by atoms with van der Waals surface area (Å²) in [5.41, 5.74) is 1.19. The second-order valence-electron chi connectivity index (χ2n) is 3.64. The summed E-state index contributed by atoms with van der Waals surface area (Å²) in [5, 5.41) is 0. The van der Waals surface area contributed by atoms with E-state index >= 15 is 0 Å². The normalized spacial score (nSPS) is 20.3. The summed E-state index contributed by atoms with van der Waals surface area (Å²) in [6, 6.07) is 5.99. The molecule has 0 spiro atoms. The maximum Gasteiger partial charge on any atom is 0.164 e. The standard InChI is InChI=1S/C12H16O3/c1-13-11-5-3-4-10(12(11)14-2)9-6-7-15-8-9/h3-5,9H,6-8H2,1-2H3. The molecule has 1 aliphatic heterocycles. The van der Waals surface area contributed by atoms with E-state index < -0.39 is 0 Å². The monoisotopic (exact) mass is 208 g/mol. The van der Waals surface area contributed by atoms with E-state index in [2.05, 4.69) is 6.07 Å². The lowest BCUT2D eigenvalue weighted by Gasteiger charge is -2.15. The minimum absolute atomic E-state index is 0.440. The van der Waals surface area contributed by atoms with Crippen molar-refractivity contribution in [3.8, 4) is 11.5 Å². The Bertz CT molecular complexity index is 330. The molecule has 2 rings (SSSR count). The fraction of sp³-hybridized carbons (Fsp3) is 0.500. The molecule has 1 saturated heterocycles. The first-order chi connectivity index (χ1) is 7.36. The van der Waals surface area contributed by atoms with E-state index in [1.165, 1.54) is 5.56 Å². The number of rotatable bonds is 3. The molecule has 1 aromatic rings. The largest absolute Gasteiger partial charge is 0.493 e. The van der Waals surface area contributed by atoms with Crippen LogP contribution in [0.4, 0.5) is 0 Å². The predicted octanol–water partition coefficient (Wildman–Crippen LogP) is 2.21. The van der Waals surface area contributed by atoms with Gasteiger partial charge in [-0.15, -0.1) is 0 Å². The van der Waals surface area contributed by atoms with Crippen molar-refractivity contribution in [3.05, 3.63) is 23.8 Å². The van der Waals surface area contributed by atoms with Gasteiger partial charge in [-0.1, -0.05) is 12.1 Å². The second kappa shape index (κ2) is 4.53. The quantitative estimate of drug-likeness (QED) is 0.762. The molecule has 0 aromatic heterocycles. The van der Waals surface area contributed by atoms with Gasteiger partial charge < -0.3 is 14.2 Å². The highest BCUT2D eigenvalue weighted by Crippen LogP contribution is 2.38. The van der Waals surface area contributed by atoms with Gasteiger partial charge in [0, 0.05) is 18.1 Å². The third-order valence-corrected chi connectivity index (χ3v) is 2.80. The van der Waals surface area contributed by atoms with E-state index in [1.807, 2.05) is 12.1 Å². The number of methoxy groups -OCH3 is 2. The van der Waals surface area contributed by atoms with Gasteiger partial charge >= 0.3 is 0 Å². The third kappa shape index (κ3) is 1.92. The van der Waals surface area contributed by atoms with Crippen molar-refractivity contribution in [2.75, 3.05) is 27.4 Å². The van der Waals surface area contributed by atoms with Crippen LogP contribution in [-0.4, -0.2) is 27.4 Å². The number of para-hydroxylation sites is 1. The molecule has 15 heavy (non-hydrogen) atoms. The van der Waals surface area contributed by atoms with Crippen LogP contribution in [0.1, 0.15) is 17.9 Å². The van der Waals surface area contributed by atoms with E-state index in [4.69, 9.17) is 14.2 Å². The number of hydrogen-bond acceptors (Lipinski definition) is 3. The van der Waals surface area contributed by atoms with Crippen molar-refractivity contribution in [1.82, 2.24) is 0 Å². The molecule has 3 nitrogen and oxygen atoms in total. The van der Waals surface area contributed by atoms with E-state index in [1.54, 1.807) is 14.2 Å². The summed E-state index contributed by atoms with van der Waals surface area (Å²) in [7, 11) is 3.34. The van der Waals surface area contributed by atoms with E-state index in [-0.39, 0.29) is 0 Å². The highest BCUT2D eigenvalue weighted by atomic mass is 16.5. The van der Waals surface area contributed by atoms with Crippen molar-refractivity contribution in [2.24, 2.45) is 0 Å². The Morgan fingerprint density at radius 1 is 1.27 bits per heavy atom. The first-order valence-electron chi connectivity index (χ1n) is 5.15. The van der Waals surface area contributed by atoms with Crippen molar-refractivity contribution >= 4 is 0 Å². The van der Waals surface area contributed by atoms with Gasteiger partial charge in [-0.05, 0) is 12.5 Å². The van der Waals surface area contributed by atoms with Gasteiger partial charge in [0.1, 0.15) is 0 Å². The fourth-order valence-electron chi connectivity index (χ4n) is 2.01. The molecule has 1 aromatic carbocycles. The van der Waals surface area contributed by atoms with Crippen LogP contribution in [0.15, 0.2) is 18.2 Å². The average molecular weight is 208 g/mol. The Kier molecular flexibility index (Phi) is 3.11. The summed E-state index contributed by atoms with van der Waals surface area (Å²) in [5.74, 6) is 2.08. The summed E-state index contributed by atoms with van der Waals surface area (Å²) in [6.45, 7) is 1.62. The molecule has 3 heteroatoms. The van der Waals surface area contributed by atoms with Gasteiger partial charge in [-0.25, -0.2) is 0 Å². The molecule has 1 heterocycles. The minimum Gasteiger partial charge on any atom is -0.493 e. The predicted molar refractivity (Wildman–Crippen MR) is 57.7 cm³/mol. The Labute approximate surface area is 90.0 Å². The molecule has 1 atom stereocenters. The average Bonchev–Trinajstić information content (AvgIpc) is 2.81. The number of hydrogen-bond donors (Lipinski definition) is 0. The topological polar surface area (TPSA) is 27.7 Å². The first kappa shape index (κ1) is 10.3. The molecule has 0 amide bonds. The third-order valence-electron chi connectivity index (χ3n) is 2.80. The van der Waals surface area contributed by atoms with Gasteiger partial charge in [-0.3, -0.25) is 0 Å². The smallest absolute Gasteiger partial charge is 0.164 e. The summed E-state index contributed by atoms with van der Waals surface area (Å²) >= 11 is 0. The van der Waals surface area contributed by atoms with Gasteiger partial charge in [-0.2, -0.15) is 0 Å². The molecule has 0 aliphatic carbocycles. The minimum atomic E-state index is 0.440. The zero-order chi connectivity index (χ0) is 10.7. The Morgan fingerprint density at radius 3 is 2.73 bits per heavy atom. The van der Waals surface area contributed by atoms with Crippen LogP contribution in [0, 0.1) is 0 Å². The molecule has 1 fully saturated rings. The van der Waals surface area contributed by atoms with Crippen LogP contribution in [0.25, 0.3) is 0 Å². The highest BCUT2D eigenvalue weighted by molar-refractivity contribution is 5.48. The highest BCUT2D eigenvalue weighted by Gasteiger charge is 2.22. The van der Waals surface area contributed by atoms with Gasteiger partial charge in [0.15, 0.2) is 11.5 Å². The molecule has 1 aliphatic rings. The van der Waals surface area contributed by atoms with Crippen molar-refractivity contribution in [3.63, 3.8) is 0 Å². The summed E-state index contributed by atoms with van der Waals surface area (Å²) in [4.78, 5) is 0. The van der Waals surface area contributed by atoms with E-state index in [9.17, 15) is 0 Å². The lowest BCUT2D eigenvalue weighted by atomic mass is 9.97. The number of ether oxygens (including phenoxy) is 3. The zero-order valence-electron chi connectivity index (χ0n) is 9.16. The molecule has 0 saturated carbocycles. The fourth-order valence-corrected chi connectivity index (χ4v) is 2.01. The van der Waals surface area contributed by atoms with E-state index in [0.29, 0.717) is 5.92 Å². The van der Waals surface area contributed by atoms with Gasteiger partial charge in [0.25, 0.3) is 0 Å². The van der Waals surface area contributed by atoms with Crippen LogP contribution >= 0.6 is 0 Å². The van der Waals surface area contributed by atoms with Crippen molar-refractivity contribution in [1.29, 1.82) is 0 Å². The molecular weight excluding hydrogens is 192 g/mol. The van der Waals surface area contributed by atoms with Crippen LogP contribution in [0.5, 0.6) is 11.5 Å². The van der Waals surface area contributed by atoms with Crippen molar-refractivity contribution in [2.45, 2.75) is 12.3 Å². The molecule has 1 unspecified atom stereocenters. The van der Waals surface area contributed by atoms with Crippen LogP contribution in [0.2, 0.25) is 0 Å². The van der Waals surface area contributed by atoms with Crippen molar-refractivity contribution < 1.29 is 14.2 Å². The maximum atomic E-state index is 5.40. The Morgan fingerprint density at radius 2 is 2.13 bits per heavy atom. The van der Waals surface area contributed by atoms with Gasteiger partial charge in [0.05, 0.1) is 20.8 Å². The SMILES string of the molecule is COc1cccc(C2CCOC2)c1OC. The molecule has 82 valence electrons. The Hall–Kier alpha value is -1.22.